The Kier molecular flexibility index (Phi) is 3.72. The zero-order chi connectivity index (χ0) is 16.2. The number of aromatic nitrogens is 1. The topological polar surface area (TPSA) is 73.1 Å². The van der Waals surface area contributed by atoms with Gasteiger partial charge in [0.2, 0.25) is 5.43 Å². The van der Waals surface area contributed by atoms with Gasteiger partial charge < -0.3 is 0 Å². The summed E-state index contributed by atoms with van der Waals surface area (Å²) in [6, 6.07) is 3.16. The van der Waals surface area contributed by atoms with Crippen LogP contribution < -0.4 is 5.43 Å². The van der Waals surface area contributed by atoms with Gasteiger partial charge in [-0.1, -0.05) is 34.8 Å². The average molecular weight is 376 g/mol. The lowest BCUT2D eigenvalue weighted by Gasteiger charge is -2.11. The Bertz CT molecular complexity index is 987. The second kappa shape index (κ2) is 5.31. The van der Waals surface area contributed by atoms with E-state index in [1.807, 2.05) is 0 Å². The highest BCUT2D eigenvalue weighted by atomic mass is 35.5. The average Bonchev–Trinajstić information content (AvgIpc) is 2.48. The SMILES string of the molecule is Cc1cc([N+](=O)[O-])c2nc3c(Cl)c(Cl)c(=O)c(Cl)c-3sc2c1. The van der Waals surface area contributed by atoms with Gasteiger partial charge in [-0.15, -0.1) is 11.3 Å². The van der Waals surface area contributed by atoms with Crippen LogP contribution in [0.5, 0.6) is 0 Å². The molecule has 112 valence electrons. The molecule has 0 bridgehead atoms. The van der Waals surface area contributed by atoms with Crippen LogP contribution in [0.15, 0.2) is 16.9 Å². The maximum absolute atomic E-state index is 11.9. The van der Waals surface area contributed by atoms with Crippen LogP contribution in [-0.2, 0) is 0 Å². The molecule has 0 saturated carbocycles. The normalized spacial score (nSPS) is 11.3. The first-order chi connectivity index (χ1) is 10.3. The van der Waals surface area contributed by atoms with Crippen LogP contribution >= 0.6 is 46.1 Å². The number of fused-ring (bicyclic) bond motifs is 2. The molecule has 0 N–H and O–H groups in total. The Morgan fingerprint density at radius 1 is 1.18 bits per heavy atom. The molecule has 5 nitrogen and oxygen atoms in total. The van der Waals surface area contributed by atoms with Crippen LogP contribution in [0.25, 0.3) is 20.8 Å². The number of nitro benzene ring substituents is 1. The van der Waals surface area contributed by atoms with Gasteiger partial charge in [-0.05, 0) is 18.6 Å². The molecule has 0 spiro atoms. The molecule has 1 aromatic rings. The van der Waals surface area contributed by atoms with E-state index in [9.17, 15) is 14.9 Å². The zero-order valence-corrected chi connectivity index (χ0v) is 13.9. The molecule has 1 heterocycles. The summed E-state index contributed by atoms with van der Waals surface area (Å²) in [6.45, 7) is 1.73. The molecule has 2 aliphatic rings. The van der Waals surface area contributed by atoms with E-state index in [1.165, 1.54) is 6.07 Å². The summed E-state index contributed by atoms with van der Waals surface area (Å²) in [4.78, 5) is 27.2. The van der Waals surface area contributed by atoms with Crippen LogP contribution in [0.2, 0.25) is 15.1 Å². The van der Waals surface area contributed by atoms with Crippen molar-refractivity contribution in [2.75, 3.05) is 0 Å². The standard InChI is InChI=1S/C13H5Cl3N2O3S/c1-4-2-5(18(20)21)10-6(3-4)22-13-9(16)12(19)8(15)7(14)11(13)17-10/h2-3H,1H3. The number of aryl methyl sites for hydroxylation is 1. The number of rotatable bonds is 1. The minimum atomic E-state index is -0.583. The van der Waals surface area contributed by atoms with Crippen LogP contribution in [0, 0.1) is 17.0 Å². The van der Waals surface area contributed by atoms with E-state index >= 15 is 0 Å². The third-order valence-electron chi connectivity index (χ3n) is 3.05. The van der Waals surface area contributed by atoms with E-state index in [4.69, 9.17) is 34.8 Å². The summed E-state index contributed by atoms with van der Waals surface area (Å²) in [5, 5.41) is 10.8. The molecule has 0 radical (unpaired) electrons. The highest BCUT2D eigenvalue weighted by Crippen LogP contribution is 2.43. The molecule has 3 rings (SSSR count). The van der Waals surface area contributed by atoms with Crippen molar-refractivity contribution in [1.82, 2.24) is 4.98 Å². The fourth-order valence-electron chi connectivity index (χ4n) is 2.08. The molecule has 0 aromatic heterocycles. The number of benzene rings is 2. The number of nitro groups is 1. The van der Waals surface area contributed by atoms with E-state index < -0.39 is 10.4 Å². The lowest BCUT2D eigenvalue weighted by molar-refractivity contribution is -0.383. The van der Waals surface area contributed by atoms with Crippen molar-refractivity contribution in [3.63, 3.8) is 0 Å². The lowest BCUT2D eigenvalue weighted by Crippen LogP contribution is -2.07. The first kappa shape index (κ1) is 15.4. The summed E-state index contributed by atoms with van der Waals surface area (Å²) in [6.07, 6.45) is 0. The Balaban J connectivity index is 2.58. The van der Waals surface area contributed by atoms with E-state index in [-0.39, 0.29) is 32.0 Å². The highest BCUT2D eigenvalue weighted by Gasteiger charge is 2.25. The molecule has 0 saturated heterocycles. The number of hydrogen-bond donors (Lipinski definition) is 0. The van der Waals surface area contributed by atoms with Crippen LogP contribution in [-0.4, -0.2) is 9.91 Å². The molecule has 0 atom stereocenters. The lowest BCUT2D eigenvalue weighted by atomic mass is 10.2. The number of non-ortho nitro benzene ring substituents is 1. The number of hydrogen-bond acceptors (Lipinski definition) is 5. The van der Waals surface area contributed by atoms with Gasteiger partial charge in [0.25, 0.3) is 5.69 Å². The van der Waals surface area contributed by atoms with Gasteiger partial charge in [-0.25, -0.2) is 4.98 Å². The van der Waals surface area contributed by atoms with Gasteiger partial charge in [-0.2, -0.15) is 0 Å². The van der Waals surface area contributed by atoms with Gasteiger partial charge in [0, 0.05) is 6.07 Å². The predicted octanol–water partition coefficient (Wildman–Crippen LogP) is 4.94. The molecule has 1 aliphatic carbocycles. The Hall–Kier alpha value is -1.47. The second-order valence-electron chi connectivity index (χ2n) is 4.55. The fourth-order valence-corrected chi connectivity index (χ4v) is 4.03. The van der Waals surface area contributed by atoms with Gasteiger partial charge >= 0.3 is 0 Å². The maximum Gasteiger partial charge on any atom is 0.296 e. The third kappa shape index (κ3) is 2.23. The quantitative estimate of drug-likeness (QED) is 0.261. The largest absolute Gasteiger partial charge is 0.296 e. The third-order valence-corrected chi connectivity index (χ3v) is 5.48. The van der Waals surface area contributed by atoms with Gasteiger partial charge in [0.1, 0.15) is 15.7 Å². The summed E-state index contributed by atoms with van der Waals surface area (Å²) in [5.41, 5.74) is 0.347. The molecule has 0 unspecified atom stereocenters. The molecule has 22 heavy (non-hydrogen) atoms. The van der Waals surface area contributed by atoms with E-state index in [0.717, 1.165) is 11.3 Å². The zero-order valence-electron chi connectivity index (χ0n) is 10.8. The maximum atomic E-state index is 11.9. The second-order valence-corrected chi connectivity index (χ2v) is 6.74. The minimum absolute atomic E-state index is 0.0564. The highest BCUT2D eigenvalue weighted by molar-refractivity contribution is 7.22. The smallest absolute Gasteiger partial charge is 0.286 e. The van der Waals surface area contributed by atoms with Crippen molar-refractivity contribution in [2.45, 2.75) is 6.92 Å². The summed E-state index contributed by atoms with van der Waals surface area (Å²) in [5.74, 6) is 0. The van der Waals surface area contributed by atoms with Crippen molar-refractivity contribution in [3.8, 4) is 10.6 Å². The Labute approximate surface area is 142 Å². The van der Waals surface area contributed by atoms with Crippen LogP contribution in [0.1, 0.15) is 5.56 Å². The molecule has 1 aliphatic heterocycles. The Morgan fingerprint density at radius 2 is 1.86 bits per heavy atom. The van der Waals surface area contributed by atoms with Crippen molar-refractivity contribution >= 4 is 62.0 Å². The van der Waals surface area contributed by atoms with E-state index in [2.05, 4.69) is 4.98 Å². The summed E-state index contributed by atoms with van der Waals surface area (Å²) >= 11 is 19.0. The summed E-state index contributed by atoms with van der Waals surface area (Å²) < 4.78 is 0.541. The van der Waals surface area contributed by atoms with Crippen LogP contribution in [0.3, 0.4) is 0 Å². The van der Waals surface area contributed by atoms with Gasteiger partial charge in [-0.3, -0.25) is 14.9 Å². The first-order valence-corrected chi connectivity index (χ1v) is 7.82. The Morgan fingerprint density at radius 3 is 2.50 bits per heavy atom. The predicted molar refractivity (Wildman–Crippen MR) is 88.9 cm³/mol. The molecule has 9 heteroatoms. The number of halogens is 3. The van der Waals surface area contributed by atoms with Crippen molar-refractivity contribution < 1.29 is 4.92 Å². The molecule has 1 aromatic carbocycles. The van der Waals surface area contributed by atoms with Gasteiger partial charge in [0.05, 0.1) is 19.5 Å². The molecular weight excluding hydrogens is 371 g/mol. The van der Waals surface area contributed by atoms with Crippen molar-refractivity contribution in [2.24, 2.45) is 0 Å². The molecular formula is C13H5Cl3N2O3S. The van der Waals surface area contributed by atoms with Crippen LogP contribution in [0.4, 0.5) is 5.69 Å². The summed E-state index contributed by atoms with van der Waals surface area (Å²) in [7, 11) is 0. The van der Waals surface area contributed by atoms with E-state index in [1.54, 1.807) is 13.0 Å². The van der Waals surface area contributed by atoms with E-state index in [0.29, 0.717) is 15.1 Å². The number of nitrogens with zero attached hydrogens (tertiary/aromatic N) is 2. The van der Waals surface area contributed by atoms with Gasteiger partial charge in [0.15, 0.2) is 5.52 Å². The van der Waals surface area contributed by atoms with Crippen molar-refractivity contribution in [3.05, 3.63) is 53.1 Å². The fraction of sp³-hybridized carbons (Fsp3) is 0.0769. The first-order valence-electron chi connectivity index (χ1n) is 5.87. The monoisotopic (exact) mass is 374 g/mol. The van der Waals surface area contributed by atoms with Crippen molar-refractivity contribution in [1.29, 1.82) is 0 Å². The molecule has 0 amide bonds. The minimum Gasteiger partial charge on any atom is -0.286 e. The molecule has 0 fully saturated rings.